The largest absolute Gasteiger partial charge is 0.378 e. The van der Waals surface area contributed by atoms with Crippen molar-refractivity contribution in [2.75, 3.05) is 26.0 Å². The van der Waals surface area contributed by atoms with Gasteiger partial charge in [-0.2, -0.15) is 0 Å². The van der Waals surface area contributed by atoms with Gasteiger partial charge in [-0.15, -0.1) is 0 Å². The maximum absolute atomic E-state index is 12.7. The molecule has 3 rings (SSSR count). The molecule has 0 saturated carbocycles. The summed E-state index contributed by atoms with van der Waals surface area (Å²) in [6.07, 6.45) is 0. The van der Waals surface area contributed by atoms with Gasteiger partial charge in [-0.3, -0.25) is 4.79 Å². The van der Waals surface area contributed by atoms with E-state index in [9.17, 15) is 4.79 Å². The molecular formula is C23H24N2O. The lowest BCUT2D eigenvalue weighted by atomic mass is 10.0. The highest BCUT2D eigenvalue weighted by atomic mass is 16.2. The zero-order chi connectivity index (χ0) is 18.5. The van der Waals surface area contributed by atoms with Gasteiger partial charge in [-0.1, -0.05) is 54.6 Å². The van der Waals surface area contributed by atoms with Crippen LogP contribution in [0.15, 0.2) is 78.9 Å². The van der Waals surface area contributed by atoms with Crippen molar-refractivity contribution in [3.05, 3.63) is 90.0 Å². The number of amides is 1. The van der Waals surface area contributed by atoms with Crippen molar-refractivity contribution in [1.29, 1.82) is 0 Å². The van der Waals surface area contributed by atoms with Crippen molar-refractivity contribution in [3.8, 4) is 11.1 Å². The highest BCUT2D eigenvalue weighted by Crippen LogP contribution is 2.20. The number of carbonyl (C=O) groups excluding carboxylic acids is 1. The number of hydrogen-bond donors (Lipinski definition) is 0. The number of anilines is 1. The van der Waals surface area contributed by atoms with Gasteiger partial charge >= 0.3 is 0 Å². The zero-order valence-corrected chi connectivity index (χ0v) is 15.5. The van der Waals surface area contributed by atoms with Gasteiger partial charge in [-0.25, -0.2) is 0 Å². The van der Waals surface area contributed by atoms with Crippen molar-refractivity contribution in [2.24, 2.45) is 0 Å². The molecule has 132 valence electrons. The first-order valence-electron chi connectivity index (χ1n) is 8.72. The smallest absolute Gasteiger partial charge is 0.253 e. The minimum absolute atomic E-state index is 0.0290. The molecule has 0 radical (unpaired) electrons. The third kappa shape index (κ3) is 4.12. The molecule has 0 heterocycles. The van der Waals surface area contributed by atoms with Gasteiger partial charge in [0.25, 0.3) is 5.91 Å². The van der Waals surface area contributed by atoms with E-state index in [1.807, 2.05) is 63.6 Å². The van der Waals surface area contributed by atoms with Gasteiger partial charge in [0.2, 0.25) is 0 Å². The summed E-state index contributed by atoms with van der Waals surface area (Å²) < 4.78 is 0. The van der Waals surface area contributed by atoms with Crippen molar-refractivity contribution in [2.45, 2.75) is 6.54 Å². The number of nitrogens with zero attached hydrogens (tertiary/aromatic N) is 2. The third-order valence-corrected chi connectivity index (χ3v) is 4.46. The predicted octanol–water partition coefficient (Wildman–Crippen LogP) is 4.69. The Labute approximate surface area is 155 Å². The zero-order valence-electron chi connectivity index (χ0n) is 15.5. The molecule has 3 aromatic carbocycles. The highest BCUT2D eigenvalue weighted by Gasteiger charge is 2.12. The summed E-state index contributed by atoms with van der Waals surface area (Å²) in [7, 11) is 5.88. The topological polar surface area (TPSA) is 23.6 Å². The van der Waals surface area contributed by atoms with Crippen LogP contribution < -0.4 is 4.90 Å². The monoisotopic (exact) mass is 344 g/mol. The van der Waals surface area contributed by atoms with E-state index >= 15 is 0 Å². The fourth-order valence-electron chi connectivity index (χ4n) is 2.90. The molecule has 0 spiro atoms. The van der Waals surface area contributed by atoms with Gasteiger partial charge in [0, 0.05) is 38.9 Å². The summed E-state index contributed by atoms with van der Waals surface area (Å²) in [5.74, 6) is 0.0290. The normalized spacial score (nSPS) is 10.4. The number of carbonyl (C=O) groups is 1. The molecule has 0 bridgehead atoms. The lowest BCUT2D eigenvalue weighted by molar-refractivity contribution is 0.0785. The minimum atomic E-state index is 0.0290. The van der Waals surface area contributed by atoms with Gasteiger partial charge in [-0.05, 0) is 41.0 Å². The number of benzene rings is 3. The first kappa shape index (κ1) is 17.7. The summed E-state index contributed by atoms with van der Waals surface area (Å²) in [5, 5.41) is 0. The summed E-state index contributed by atoms with van der Waals surface area (Å²) in [4.78, 5) is 16.5. The Morgan fingerprint density at radius 3 is 1.88 bits per heavy atom. The second-order valence-corrected chi connectivity index (χ2v) is 6.67. The van der Waals surface area contributed by atoms with Crippen LogP contribution in [0.4, 0.5) is 5.69 Å². The summed E-state index contributed by atoms with van der Waals surface area (Å²) in [6.45, 7) is 0.590. The maximum Gasteiger partial charge on any atom is 0.253 e. The van der Waals surface area contributed by atoms with Gasteiger partial charge in [0.05, 0.1) is 0 Å². The maximum atomic E-state index is 12.7. The van der Waals surface area contributed by atoms with Crippen LogP contribution in [0, 0.1) is 0 Å². The molecule has 0 aliphatic carbocycles. The van der Waals surface area contributed by atoms with Crippen LogP contribution >= 0.6 is 0 Å². The molecule has 1 amide bonds. The lowest BCUT2D eigenvalue weighted by Gasteiger charge is -2.19. The van der Waals surface area contributed by atoms with Crippen LogP contribution in [-0.4, -0.2) is 32.0 Å². The average Bonchev–Trinajstić information content (AvgIpc) is 2.68. The molecule has 0 aromatic heterocycles. The summed E-state index contributed by atoms with van der Waals surface area (Å²) in [6, 6.07) is 26.3. The molecule has 3 aromatic rings. The van der Waals surface area contributed by atoms with E-state index in [2.05, 4.69) is 41.3 Å². The Hall–Kier alpha value is -3.07. The number of rotatable bonds is 5. The van der Waals surface area contributed by atoms with Crippen molar-refractivity contribution in [3.63, 3.8) is 0 Å². The molecule has 26 heavy (non-hydrogen) atoms. The first-order chi connectivity index (χ1) is 12.5. The van der Waals surface area contributed by atoms with Gasteiger partial charge in [0.15, 0.2) is 0 Å². The van der Waals surface area contributed by atoms with E-state index in [0.717, 1.165) is 22.4 Å². The van der Waals surface area contributed by atoms with E-state index in [1.54, 1.807) is 4.90 Å². The van der Waals surface area contributed by atoms with Gasteiger partial charge < -0.3 is 9.80 Å². The molecule has 0 fully saturated rings. The molecule has 0 N–H and O–H groups in total. The van der Waals surface area contributed by atoms with Crippen LogP contribution in [-0.2, 0) is 6.54 Å². The first-order valence-corrected chi connectivity index (χ1v) is 8.72. The fraction of sp³-hybridized carbons (Fsp3) is 0.174. The Morgan fingerprint density at radius 2 is 1.31 bits per heavy atom. The molecule has 0 aliphatic heterocycles. The Morgan fingerprint density at radius 1 is 0.731 bits per heavy atom. The molecule has 0 saturated heterocycles. The molecule has 3 heteroatoms. The van der Waals surface area contributed by atoms with E-state index in [-0.39, 0.29) is 5.91 Å². The SMILES string of the molecule is CN(Cc1ccc(N(C)C)cc1)C(=O)c1ccc(-c2ccccc2)cc1. The summed E-state index contributed by atoms with van der Waals surface area (Å²) >= 11 is 0. The molecule has 3 nitrogen and oxygen atoms in total. The predicted molar refractivity (Wildman–Crippen MR) is 108 cm³/mol. The molecular weight excluding hydrogens is 320 g/mol. The minimum Gasteiger partial charge on any atom is -0.378 e. The Kier molecular flexibility index (Phi) is 5.37. The Bertz CT molecular complexity index is 853. The van der Waals surface area contributed by atoms with Crippen LogP contribution in [0.2, 0.25) is 0 Å². The van der Waals surface area contributed by atoms with E-state index in [4.69, 9.17) is 0 Å². The van der Waals surface area contributed by atoms with Crippen molar-refractivity contribution in [1.82, 2.24) is 4.90 Å². The second-order valence-electron chi connectivity index (χ2n) is 6.67. The van der Waals surface area contributed by atoms with Crippen molar-refractivity contribution < 1.29 is 4.79 Å². The standard InChI is InChI=1S/C23H24N2O/c1-24(2)22-15-9-18(10-16-22)17-25(3)23(26)21-13-11-20(12-14-21)19-7-5-4-6-8-19/h4-16H,17H2,1-3H3. The second kappa shape index (κ2) is 7.87. The van der Waals surface area contributed by atoms with E-state index < -0.39 is 0 Å². The van der Waals surface area contributed by atoms with Crippen LogP contribution in [0.25, 0.3) is 11.1 Å². The molecule has 0 unspecified atom stereocenters. The van der Waals surface area contributed by atoms with Crippen LogP contribution in [0.5, 0.6) is 0 Å². The van der Waals surface area contributed by atoms with Gasteiger partial charge in [0.1, 0.15) is 0 Å². The Balaban J connectivity index is 1.68. The van der Waals surface area contributed by atoms with Crippen LogP contribution in [0.1, 0.15) is 15.9 Å². The third-order valence-electron chi connectivity index (χ3n) is 4.46. The quantitative estimate of drug-likeness (QED) is 0.670. The highest BCUT2D eigenvalue weighted by molar-refractivity contribution is 5.94. The average molecular weight is 344 g/mol. The van der Waals surface area contributed by atoms with E-state index in [1.165, 1.54) is 0 Å². The molecule has 0 atom stereocenters. The summed E-state index contributed by atoms with van der Waals surface area (Å²) in [5.41, 5.74) is 5.24. The van der Waals surface area contributed by atoms with Crippen molar-refractivity contribution >= 4 is 11.6 Å². The molecule has 0 aliphatic rings. The van der Waals surface area contributed by atoms with E-state index in [0.29, 0.717) is 12.1 Å². The number of hydrogen-bond acceptors (Lipinski definition) is 2. The lowest BCUT2D eigenvalue weighted by Crippen LogP contribution is -2.26. The van der Waals surface area contributed by atoms with Crippen LogP contribution in [0.3, 0.4) is 0 Å². The fourth-order valence-corrected chi connectivity index (χ4v) is 2.90.